The monoisotopic (exact) mass is 413 g/mol. The van der Waals surface area contributed by atoms with Crippen molar-refractivity contribution < 1.29 is 18.7 Å². The van der Waals surface area contributed by atoms with Gasteiger partial charge in [-0.1, -0.05) is 26.8 Å². The van der Waals surface area contributed by atoms with E-state index < -0.39 is 17.1 Å². The van der Waals surface area contributed by atoms with E-state index in [1.165, 1.54) is 6.07 Å². The molecule has 2 aromatic rings. The van der Waals surface area contributed by atoms with Gasteiger partial charge in [0.1, 0.15) is 5.82 Å². The number of rotatable bonds is 4. The number of hydrogen-bond acceptors (Lipinski definition) is 4. The fraction of sp³-hybridized carbons (Fsp3) is 0.391. The Morgan fingerprint density at radius 3 is 2.37 bits per heavy atom. The maximum atomic E-state index is 14.6. The first-order valence-corrected chi connectivity index (χ1v) is 10.0. The molecule has 0 radical (unpaired) electrons. The maximum absolute atomic E-state index is 14.6. The fourth-order valence-electron chi connectivity index (χ4n) is 3.06. The average molecular weight is 413 g/mol. The topological polar surface area (TPSA) is 70.7 Å². The number of halogens is 1. The number of ether oxygens (including phenoxy) is 1. The highest BCUT2D eigenvalue weighted by Crippen LogP contribution is 2.25. The molecule has 0 bridgehead atoms. The smallest absolute Gasteiger partial charge is 0.255 e. The molecule has 1 fully saturated rings. The number of hydrogen-bond donors (Lipinski definition) is 2. The number of morpholine rings is 1. The van der Waals surface area contributed by atoms with Crippen molar-refractivity contribution in [2.75, 3.05) is 41.8 Å². The van der Waals surface area contributed by atoms with Crippen molar-refractivity contribution in [1.82, 2.24) is 0 Å². The summed E-state index contributed by atoms with van der Waals surface area (Å²) in [6.07, 6.45) is 0. The molecule has 1 aliphatic heterocycles. The summed E-state index contributed by atoms with van der Waals surface area (Å²) in [5.74, 6) is -0.971. The second-order valence-corrected chi connectivity index (χ2v) is 8.45. The van der Waals surface area contributed by atoms with Crippen molar-refractivity contribution in [3.8, 4) is 0 Å². The zero-order chi connectivity index (χ0) is 21.9. The Bertz CT molecular complexity index is 947. The highest BCUT2D eigenvalue weighted by molar-refractivity contribution is 6.05. The van der Waals surface area contributed by atoms with E-state index in [-0.39, 0.29) is 11.5 Å². The van der Waals surface area contributed by atoms with Crippen molar-refractivity contribution in [2.24, 2.45) is 5.41 Å². The van der Waals surface area contributed by atoms with Crippen LogP contribution < -0.4 is 15.5 Å². The van der Waals surface area contributed by atoms with Gasteiger partial charge in [0.15, 0.2) is 0 Å². The summed E-state index contributed by atoms with van der Waals surface area (Å²) in [6.45, 7) is 9.69. The quantitative estimate of drug-likeness (QED) is 0.788. The number of amides is 2. The van der Waals surface area contributed by atoms with Gasteiger partial charge >= 0.3 is 0 Å². The third-order valence-electron chi connectivity index (χ3n) is 4.99. The summed E-state index contributed by atoms with van der Waals surface area (Å²) in [7, 11) is 0. The van der Waals surface area contributed by atoms with E-state index in [4.69, 9.17) is 4.74 Å². The Labute approximate surface area is 176 Å². The fourth-order valence-corrected chi connectivity index (χ4v) is 3.06. The van der Waals surface area contributed by atoms with E-state index >= 15 is 0 Å². The minimum Gasteiger partial charge on any atom is -0.378 e. The summed E-state index contributed by atoms with van der Waals surface area (Å²) in [5.41, 5.74) is 2.15. The SMILES string of the molecule is Cc1ccc(NC(=O)C(C)(C)C)cc1NC(=O)c1ccc(N2CCOCC2)c(F)c1. The van der Waals surface area contributed by atoms with Gasteiger partial charge < -0.3 is 20.3 Å². The van der Waals surface area contributed by atoms with Gasteiger partial charge in [-0.3, -0.25) is 9.59 Å². The van der Waals surface area contributed by atoms with Crippen molar-refractivity contribution in [1.29, 1.82) is 0 Å². The number of anilines is 3. The molecule has 0 aliphatic carbocycles. The third kappa shape index (κ3) is 5.16. The molecule has 0 aromatic heterocycles. The largest absolute Gasteiger partial charge is 0.378 e. The number of carbonyl (C=O) groups excluding carboxylic acids is 2. The predicted molar refractivity (Wildman–Crippen MR) is 117 cm³/mol. The number of nitrogens with zero attached hydrogens (tertiary/aromatic N) is 1. The van der Waals surface area contributed by atoms with Gasteiger partial charge in [-0.15, -0.1) is 0 Å². The van der Waals surface area contributed by atoms with Crippen LogP contribution in [-0.2, 0) is 9.53 Å². The molecule has 7 heteroatoms. The lowest BCUT2D eigenvalue weighted by atomic mass is 9.95. The highest BCUT2D eigenvalue weighted by Gasteiger charge is 2.22. The molecular weight excluding hydrogens is 385 g/mol. The van der Waals surface area contributed by atoms with Crippen LogP contribution in [0.4, 0.5) is 21.5 Å². The molecule has 2 N–H and O–H groups in total. The molecule has 0 saturated carbocycles. The minimum absolute atomic E-state index is 0.121. The van der Waals surface area contributed by atoms with Crippen LogP contribution >= 0.6 is 0 Å². The Hall–Kier alpha value is -2.93. The number of carbonyl (C=O) groups is 2. The molecule has 0 spiro atoms. The molecule has 1 saturated heterocycles. The number of aryl methyl sites for hydroxylation is 1. The molecule has 0 unspecified atom stereocenters. The van der Waals surface area contributed by atoms with E-state index in [0.717, 1.165) is 5.56 Å². The van der Waals surface area contributed by atoms with Gasteiger partial charge in [-0.25, -0.2) is 4.39 Å². The maximum Gasteiger partial charge on any atom is 0.255 e. The summed E-state index contributed by atoms with van der Waals surface area (Å²) in [4.78, 5) is 26.8. The first-order valence-electron chi connectivity index (χ1n) is 10.0. The van der Waals surface area contributed by atoms with E-state index in [9.17, 15) is 14.0 Å². The third-order valence-corrected chi connectivity index (χ3v) is 4.99. The van der Waals surface area contributed by atoms with Crippen molar-refractivity contribution in [3.63, 3.8) is 0 Å². The molecule has 2 aromatic carbocycles. The number of nitrogens with one attached hydrogen (secondary N) is 2. The van der Waals surface area contributed by atoms with Gasteiger partial charge in [-0.2, -0.15) is 0 Å². The van der Waals surface area contributed by atoms with E-state index in [1.54, 1.807) is 24.3 Å². The Kier molecular flexibility index (Phi) is 6.41. The van der Waals surface area contributed by atoms with E-state index in [0.29, 0.717) is 43.4 Å². The predicted octanol–water partition coefficient (Wildman–Crippen LogP) is 4.21. The van der Waals surface area contributed by atoms with Gasteiger partial charge in [0.2, 0.25) is 5.91 Å². The molecule has 6 nitrogen and oxygen atoms in total. The van der Waals surface area contributed by atoms with Gasteiger partial charge in [0.05, 0.1) is 18.9 Å². The van der Waals surface area contributed by atoms with Crippen LogP contribution in [0.15, 0.2) is 36.4 Å². The van der Waals surface area contributed by atoms with Crippen molar-refractivity contribution in [2.45, 2.75) is 27.7 Å². The second-order valence-electron chi connectivity index (χ2n) is 8.45. The van der Waals surface area contributed by atoms with Gasteiger partial charge in [0.25, 0.3) is 5.91 Å². The molecule has 0 atom stereocenters. The van der Waals surface area contributed by atoms with Crippen LogP contribution in [-0.4, -0.2) is 38.1 Å². The van der Waals surface area contributed by atoms with Crippen LogP contribution in [0.5, 0.6) is 0 Å². The van der Waals surface area contributed by atoms with E-state index in [1.807, 2.05) is 38.7 Å². The second kappa shape index (κ2) is 8.83. The molecular formula is C23H28FN3O3. The standard InChI is InChI=1S/C23H28FN3O3/c1-15-5-7-17(25-22(29)23(2,3)4)14-19(15)26-21(28)16-6-8-20(18(24)13-16)27-9-11-30-12-10-27/h5-8,13-14H,9-12H2,1-4H3,(H,25,29)(H,26,28). The van der Waals surface area contributed by atoms with Crippen LogP contribution in [0.25, 0.3) is 0 Å². The Balaban J connectivity index is 1.74. The Morgan fingerprint density at radius 1 is 1.03 bits per heavy atom. The lowest BCUT2D eigenvalue weighted by molar-refractivity contribution is -0.123. The first kappa shape index (κ1) is 21.8. The van der Waals surface area contributed by atoms with Crippen LogP contribution in [0.3, 0.4) is 0 Å². The van der Waals surface area contributed by atoms with Crippen LogP contribution in [0, 0.1) is 18.2 Å². The summed E-state index contributed by atoms with van der Waals surface area (Å²) in [5, 5.41) is 5.66. The lowest BCUT2D eigenvalue weighted by Crippen LogP contribution is -2.36. The van der Waals surface area contributed by atoms with E-state index in [2.05, 4.69) is 10.6 Å². The van der Waals surface area contributed by atoms with Crippen LogP contribution in [0.2, 0.25) is 0 Å². The zero-order valence-electron chi connectivity index (χ0n) is 17.8. The van der Waals surface area contributed by atoms with Crippen molar-refractivity contribution in [3.05, 3.63) is 53.3 Å². The lowest BCUT2D eigenvalue weighted by Gasteiger charge is -2.29. The van der Waals surface area contributed by atoms with Crippen molar-refractivity contribution >= 4 is 28.9 Å². The first-order chi connectivity index (χ1) is 14.1. The minimum atomic E-state index is -0.534. The highest BCUT2D eigenvalue weighted by atomic mass is 19.1. The molecule has 1 aliphatic rings. The van der Waals surface area contributed by atoms with Crippen LogP contribution in [0.1, 0.15) is 36.7 Å². The molecule has 30 heavy (non-hydrogen) atoms. The summed E-state index contributed by atoms with van der Waals surface area (Å²) < 4.78 is 19.9. The zero-order valence-corrected chi connectivity index (χ0v) is 17.8. The molecule has 160 valence electrons. The summed E-state index contributed by atoms with van der Waals surface area (Å²) >= 11 is 0. The molecule has 1 heterocycles. The Morgan fingerprint density at radius 2 is 1.73 bits per heavy atom. The molecule has 2 amide bonds. The normalized spacial score (nSPS) is 14.4. The van der Waals surface area contributed by atoms with Gasteiger partial charge in [0, 0.05) is 35.4 Å². The number of benzene rings is 2. The average Bonchev–Trinajstić information content (AvgIpc) is 2.70. The molecule has 3 rings (SSSR count). The van der Waals surface area contributed by atoms with Gasteiger partial charge in [-0.05, 0) is 42.8 Å². The summed E-state index contributed by atoms with van der Waals surface area (Å²) in [6, 6.07) is 9.80.